The van der Waals surface area contributed by atoms with E-state index in [1.807, 2.05) is 24.3 Å². The first-order valence-electron chi connectivity index (χ1n) is 8.58. The van der Waals surface area contributed by atoms with Crippen LogP contribution in [0.4, 0.5) is 4.79 Å². The van der Waals surface area contributed by atoms with Gasteiger partial charge in [0.25, 0.3) is 0 Å². The Hall–Kier alpha value is -2.24. The van der Waals surface area contributed by atoms with E-state index in [2.05, 4.69) is 10.6 Å². The van der Waals surface area contributed by atoms with E-state index >= 15 is 0 Å². The largest absolute Gasteiger partial charge is 0.493 e. The Morgan fingerprint density at radius 2 is 1.88 bits per heavy atom. The molecule has 1 heterocycles. The number of nitrogens with one attached hydrogen (secondary N) is 2. The minimum Gasteiger partial charge on any atom is -0.493 e. The van der Waals surface area contributed by atoms with Gasteiger partial charge in [0.1, 0.15) is 11.4 Å². The lowest BCUT2D eigenvalue weighted by Gasteiger charge is -2.30. The molecule has 1 aliphatic heterocycles. The van der Waals surface area contributed by atoms with Gasteiger partial charge in [-0.1, -0.05) is 18.2 Å². The van der Waals surface area contributed by atoms with Gasteiger partial charge >= 0.3 is 6.09 Å². The molecule has 1 aliphatic rings. The molecule has 0 aromatic heterocycles. The van der Waals surface area contributed by atoms with E-state index in [-0.39, 0.29) is 18.4 Å². The van der Waals surface area contributed by atoms with Crippen molar-refractivity contribution in [1.82, 2.24) is 10.6 Å². The summed E-state index contributed by atoms with van der Waals surface area (Å²) in [6.45, 7) is 9.57. The maximum atomic E-state index is 12.5. The Labute approximate surface area is 149 Å². The van der Waals surface area contributed by atoms with E-state index in [0.29, 0.717) is 6.61 Å². The molecule has 0 saturated heterocycles. The van der Waals surface area contributed by atoms with E-state index in [4.69, 9.17) is 9.47 Å². The van der Waals surface area contributed by atoms with Crippen LogP contribution in [0.3, 0.4) is 0 Å². The van der Waals surface area contributed by atoms with Gasteiger partial charge in [-0.25, -0.2) is 4.79 Å². The fourth-order valence-electron chi connectivity index (χ4n) is 2.76. The normalized spacial score (nSPS) is 17.1. The minimum atomic E-state index is -0.711. The molecule has 138 valence electrons. The van der Waals surface area contributed by atoms with E-state index in [1.54, 1.807) is 34.6 Å². The van der Waals surface area contributed by atoms with Crippen molar-refractivity contribution in [3.63, 3.8) is 0 Å². The van der Waals surface area contributed by atoms with Crippen molar-refractivity contribution < 1.29 is 19.1 Å². The Bertz CT molecular complexity index is 635. The highest BCUT2D eigenvalue weighted by Crippen LogP contribution is 2.31. The molecule has 0 unspecified atom stereocenters. The zero-order chi connectivity index (χ0) is 18.7. The van der Waals surface area contributed by atoms with E-state index in [9.17, 15) is 9.59 Å². The van der Waals surface area contributed by atoms with Crippen molar-refractivity contribution in [1.29, 1.82) is 0 Å². The summed E-state index contributed by atoms with van der Waals surface area (Å²) in [5, 5.41) is 5.80. The van der Waals surface area contributed by atoms with Gasteiger partial charge < -0.3 is 20.1 Å². The van der Waals surface area contributed by atoms with Crippen LogP contribution in [0, 0.1) is 0 Å². The minimum absolute atomic E-state index is 0.0743. The van der Waals surface area contributed by atoms with Crippen LogP contribution in [-0.2, 0) is 9.53 Å². The van der Waals surface area contributed by atoms with Gasteiger partial charge in [-0.2, -0.15) is 0 Å². The number of hydrogen-bond acceptors (Lipinski definition) is 4. The maximum Gasteiger partial charge on any atom is 0.408 e. The highest BCUT2D eigenvalue weighted by molar-refractivity contribution is 5.79. The first-order chi connectivity index (χ1) is 11.6. The summed E-state index contributed by atoms with van der Waals surface area (Å²) >= 11 is 0. The van der Waals surface area contributed by atoms with Crippen molar-refractivity contribution in [2.75, 3.05) is 6.61 Å². The molecule has 1 atom stereocenters. The molecule has 25 heavy (non-hydrogen) atoms. The van der Waals surface area contributed by atoms with Crippen molar-refractivity contribution >= 4 is 12.0 Å². The fourth-order valence-corrected chi connectivity index (χ4v) is 2.76. The molecule has 6 heteroatoms. The molecular formula is C19H28N2O4. The Kier molecular flexibility index (Phi) is 5.60. The van der Waals surface area contributed by atoms with Crippen LogP contribution >= 0.6 is 0 Å². The van der Waals surface area contributed by atoms with Gasteiger partial charge in [0.05, 0.1) is 12.6 Å². The second kappa shape index (κ2) is 7.33. The van der Waals surface area contributed by atoms with E-state index in [1.165, 1.54) is 0 Å². The SMILES string of the molecule is CC(C)(CC(=O)N[C@@H]1CCOc2ccccc21)NC(=O)OC(C)(C)C. The number of rotatable bonds is 4. The molecule has 0 spiro atoms. The van der Waals surface area contributed by atoms with Gasteiger partial charge in [-0.15, -0.1) is 0 Å². The van der Waals surface area contributed by atoms with Crippen LogP contribution < -0.4 is 15.4 Å². The van der Waals surface area contributed by atoms with Crippen molar-refractivity contribution in [3.8, 4) is 5.75 Å². The fraction of sp³-hybridized carbons (Fsp3) is 0.579. The number of amides is 2. The Morgan fingerprint density at radius 3 is 2.56 bits per heavy atom. The van der Waals surface area contributed by atoms with Crippen LogP contribution in [0.15, 0.2) is 24.3 Å². The van der Waals surface area contributed by atoms with Crippen LogP contribution in [0.25, 0.3) is 0 Å². The highest BCUT2D eigenvalue weighted by atomic mass is 16.6. The predicted octanol–water partition coefficient (Wildman–Crippen LogP) is 3.32. The smallest absolute Gasteiger partial charge is 0.408 e. The predicted molar refractivity (Wildman–Crippen MR) is 95.5 cm³/mol. The summed E-state index contributed by atoms with van der Waals surface area (Å²) < 4.78 is 10.9. The molecule has 2 rings (SSSR count). The molecule has 2 amide bonds. The summed E-state index contributed by atoms with van der Waals surface area (Å²) in [5.74, 6) is 0.688. The molecule has 2 N–H and O–H groups in total. The third-order valence-electron chi connectivity index (χ3n) is 3.74. The third kappa shape index (κ3) is 5.96. The maximum absolute atomic E-state index is 12.5. The average Bonchev–Trinajstić information content (AvgIpc) is 2.44. The second-order valence-corrected chi connectivity index (χ2v) is 7.98. The zero-order valence-electron chi connectivity index (χ0n) is 15.6. The monoisotopic (exact) mass is 348 g/mol. The van der Waals surface area contributed by atoms with E-state index in [0.717, 1.165) is 17.7 Å². The summed E-state index contributed by atoms with van der Waals surface area (Å²) in [4.78, 5) is 24.4. The number of carbonyl (C=O) groups excluding carboxylic acids is 2. The lowest BCUT2D eigenvalue weighted by atomic mass is 9.97. The van der Waals surface area contributed by atoms with Crippen LogP contribution in [-0.4, -0.2) is 29.7 Å². The van der Waals surface area contributed by atoms with Gasteiger partial charge in [0.2, 0.25) is 5.91 Å². The molecule has 1 aromatic rings. The molecular weight excluding hydrogens is 320 g/mol. The van der Waals surface area contributed by atoms with Gasteiger partial charge in [-0.3, -0.25) is 4.79 Å². The van der Waals surface area contributed by atoms with Gasteiger partial charge in [-0.05, 0) is 40.7 Å². The molecule has 0 fully saturated rings. The zero-order valence-corrected chi connectivity index (χ0v) is 15.6. The molecule has 0 aliphatic carbocycles. The Morgan fingerprint density at radius 1 is 1.20 bits per heavy atom. The number of hydrogen-bond donors (Lipinski definition) is 2. The number of para-hydroxylation sites is 1. The van der Waals surface area contributed by atoms with Gasteiger partial charge in [0, 0.05) is 23.9 Å². The lowest BCUT2D eigenvalue weighted by molar-refractivity contribution is -0.123. The second-order valence-electron chi connectivity index (χ2n) is 7.98. The van der Waals surface area contributed by atoms with E-state index < -0.39 is 17.2 Å². The quantitative estimate of drug-likeness (QED) is 0.875. The lowest BCUT2D eigenvalue weighted by Crippen LogP contribution is -2.48. The number of carbonyl (C=O) groups is 2. The van der Waals surface area contributed by atoms with Crippen molar-refractivity contribution in [3.05, 3.63) is 29.8 Å². The third-order valence-corrected chi connectivity index (χ3v) is 3.74. The first-order valence-corrected chi connectivity index (χ1v) is 8.58. The summed E-state index contributed by atoms with van der Waals surface area (Å²) in [5.41, 5.74) is -0.300. The first kappa shape index (κ1) is 19.1. The highest BCUT2D eigenvalue weighted by Gasteiger charge is 2.29. The van der Waals surface area contributed by atoms with Gasteiger partial charge in [0.15, 0.2) is 0 Å². The summed E-state index contributed by atoms with van der Waals surface area (Å²) in [7, 11) is 0. The molecule has 6 nitrogen and oxygen atoms in total. The summed E-state index contributed by atoms with van der Waals surface area (Å²) in [6.07, 6.45) is 0.357. The average molecular weight is 348 g/mol. The van der Waals surface area contributed by atoms with Crippen LogP contribution in [0.2, 0.25) is 0 Å². The topological polar surface area (TPSA) is 76.7 Å². The number of alkyl carbamates (subject to hydrolysis) is 1. The molecule has 0 bridgehead atoms. The molecule has 1 aromatic carbocycles. The standard InChI is InChI=1S/C19H28N2O4/c1-18(2,3)25-17(23)21-19(4,5)12-16(22)20-14-10-11-24-15-9-7-6-8-13(14)15/h6-9,14H,10-12H2,1-5H3,(H,20,22)(H,21,23)/t14-/m1/s1. The number of fused-ring (bicyclic) bond motifs is 1. The van der Waals surface area contributed by atoms with Crippen molar-refractivity contribution in [2.45, 2.75) is 64.6 Å². The number of benzene rings is 1. The molecule has 0 radical (unpaired) electrons. The number of ether oxygens (including phenoxy) is 2. The van der Waals surface area contributed by atoms with Crippen molar-refractivity contribution in [2.24, 2.45) is 0 Å². The van der Waals surface area contributed by atoms with Crippen LogP contribution in [0.1, 0.15) is 59.1 Å². The van der Waals surface area contributed by atoms with Crippen LogP contribution in [0.5, 0.6) is 5.75 Å². The molecule has 0 saturated carbocycles. The Balaban J connectivity index is 1.92. The summed E-state index contributed by atoms with van der Waals surface area (Å²) in [6, 6.07) is 7.64.